The first-order chi connectivity index (χ1) is 9.47. The average molecular weight is 274 g/mol. The third kappa shape index (κ3) is 3.06. The van der Waals surface area contributed by atoms with Gasteiger partial charge in [-0.25, -0.2) is 4.39 Å². The van der Waals surface area contributed by atoms with Crippen LogP contribution in [-0.2, 0) is 6.61 Å². The van der Waals surface area contributed by atoms with Gasteiger partial charge in [0.25, 0.3) is 5.91 Å². The largest absolute Gasteiger partial charge is 0.488 e. The van der Waals surface area contributed by atoms with Gasteiger partial charge in [-0.1, -0.05) is 6.07 Å². The molecular formula is C15H15FN2O2. The highest BCUT2D eigenvalue weighted by Crippen LogP contribution is 2.22. The molecule has 0 saturated carbocycles. The minimum absolute atomic E-state index is 0.219. The fraction of sp³-hybridized carbons (Fsp3) is 0.133. The van der Waals surface area contributed by atoms with E-state index in [0.717, 1.165) is 11.1 Å². The molecule has 4 nitrogen and oxygen atoms in total. The van der Waals surface area contributed by atoms with Gasteiger partial charge in [0.15, 0.2) is 0 Å². The van der Waals surface area contributed by atoms with Gasteiger partial charge in [-0.15, -0.1) is 0 Å². The number of carbonyl (C=O) groups excluding carboxylic acids is 1. The van der Waals surface area contributed by atoms with Crippen LogP contribution >= 0.6 is 0 Å². The number of anilines is 1. The summed E-state index contributed by atoms with van der Waals surface area (Å²) in [6, 6.07) is 9.12. The van der Waals surface area contributed by atoms with Gasteiger partial charge in [0.1, 0.15) is 18.2 Å². The van der Waals surface area contributed by atoms with Gasteiger partial charge in [0, 0.05) is 5.69 Å². The lowest BCUT2D eigenvalue weighted by molar-refractivity contribution is 0.0996. The van der Waals surface area contributed by atoms with Crippen molar-refractivity contribution in [2.24, 2.45) is 5.73 Å². The maximum atomic E-state index is 13.0. The number of nitrogens with two attached hydrogens (primary N) is 2. The van der Waals surface area contributed by atoms with Crippen LogP contribution < -0.4 is 16.2 Å². The van der Waals surface area contributed by atoms with Crippen LogP contribution in [-0.4, -0.2) is 5.91 Å². The van der Waals surface area contributed by atoms with E-state index in [1.165, 1.54) is 18.2 Å². The number of amides is 1. The van der Waals surface area contributed by atoms with E-state index in [0.29, 0.717) is 11.4 Å². The second kappa shape index (κ2) is 5.61. The molecule has 0 aliphatic rings. The number of hydrogen-bond acceptors (Lipinski definition) is 3. The molecule has 20 heavy (non-hydrogen) atoms. The van der Waals surface area contributed by atoms with E-state index >= 15 is 0 Å². The van der Waals surface area contributed by atoms with Crippen molar-refractivity contribution in [1.82, 2.24) is 0 Å². The zero-order valence-electron chi connectivity index (χ0n) is 11.0. The van der Waals surface area contributed by atoms with Crippen molar-refractivity contribution < 1.29 is 13.9 Å². The van der Waals surface area contributed by atoms with Crippen LogP contribution in [0.3, 0.4) is 0 Å². The zero-order valence-corrected chi connectivity index (χ0v) is 11.0. The summed E-state index contributed by atoms with van der Waals surface area (Å²) in [4.78, 5) is 11.3. The first-order valence-electron chi connectivity index (χ1n) is 6.04. The Hall–Kier alpha value is -2.56. The van der Waals surface area contributed by atoms with Crippen molar-refractivity contribution in [3.05, 3.63) is 58.9 Å². The number of rotatable bonds is 4. The second-order valence-corrected chi connectivity index (χ2v) is 4.48. The maximum absolute atomic E-state index is 13.0. The monoisotopic (exact) mass is 274 g/mol. The number of hydrogen-bond donors (Lipinski definition) is 2. The summed E-state index contributed by atoms with van der Waals surface area (Å²) in [5.41, 5.74) is 13.2. The van der Waals surface area contributed by atoms with Crippen LogP contribution in [0.1, 0.15) is 21.5 Å². The Bertz CT molecular complexity index is 656. The zero-order chi connectivity index (χ0) is 14.7. The molecule has 0 unspecified atom stereocenters. The summed E-state index contributed by atoms with van der Waals surface area (Å²) in [6.45, 7) is 2.01. The lowest BCUT2D eigenvalue weighted by Gasteiger charge is -2.12. The lowest BCUT2D eigenvalue weighted by Crippen LogP contribution is -2.13. The summed E-state index contributed by atoms with van der Waals surface area (Å²) in [6.07, 6.45) is 0. The molecule has 1 amide bonds. The molecule has 0 heterocycles. The van der Waals surface area contributed by atoms with Crippen LogP contribution in [0.5, 0.6) is 5.75 Å². The highest BCUT2D eigenvalue weighted by Gasteiger charge is 2.10. The Labute approximate surface area is 116 Å². The number of benzene rings is 2. The quantitative estimate of drug-likeness (QED) is 0.840. The number of aryl methyl sites for hydroxylation is 1. The Morgan fingerprint density at radius 2 is 2.00 bits per heavy atom. The minimum atomic E-state index is -0.608. The van der Waals surface area contributed by atoms with Crippen molar-refractivity contribution in [3.63, 3.8) is 0 Å². The molecule has 0 radical (unpaired) electrons. The highest BCUT2D eigenvalue weighted by molar-refractivity contribution is 5.96. The molecule has 2 rings (SSSR count). The van der Waals surface area contributed by atoms with E-state index in [9.17, 15) is 9.18 Å². The van der Waals surface area contributed by atoms with E-state index in [2.05, 4.69) is 0 Å². The van der Waals surface area contributed by atoms with E-state index in [4.69, 9.17) is 16.2 Å². The molecule has 2 aromatic rings. The third-order valence-corrected chi connectivity index (χ3v) is 2.96. The van der Waals surface area contributed by atoms with Crippen LogP contribution in [0.4, 0.5) is 10.1 Å². The van der Waals surface area contributed by atoms with Crippen molar-refractivity contribution in [1.29, 1.82) is 0 Å². The molecule has 0 bridgehead atoms. The summed E-state index contributed by atoms with van der Waals surface area (Å²) >= 11 is 0. The van der Waals surface area contributed by atoms with E-state index in [-0.39, 0.29) is 18.0 Å². The van der Waals surface area contributed by atoms with Gasteiger partial charge in [0.2, 0.25) is 0 Å². The van der Waals surface area contributed by atoms with E-state index < -0.39 is 5.91 Å². The van der Waals surface area contributed by atoms with Gasteiger partial charge in [0.05, 0.1) is 5.56 Å². The fourth-order valence-electron chi connectivity index (χ4n) is 1.84. The first kappa shape index (κ1) is 13.9. The number of ether oxygens (including phenoxy) is 1. The first-order valence-corrected chi connectivity index (χ1v) is 6.04. The van der Waals surface area contributed by atoms with Crippen molar-refractivity contribution in [3.8, 4) is 5.75 Å². The molecule has 0 aliphatic carbocycles. The molecule has 0 aromatic heterocycles. The van der Waals surface area contributed by atoms with Gasteiger partial charge in [-0.3, -0.25) is 4.79 Å². The molecule has 104 valence electrons. The van der Waals surface area contributed by atoms with Crippen LogP contribution in [0, 0.1) is 12.7 Å². The smallest absolute Gasteiger partial charge is 0.252 e. The molecule has 0 saturated heterocycles. The van der Waals surface area contributed by atoms with E-state index in [1.807, 2.05) is 0 Å². The minimum Gasteiger partial charge on any atom is -0.488 e. The summed E-state index contributed by atoms with van der Waals surface area (Å²) in [5.74, 6) is -0.546. The Morgan fingerprint density at radius 1 is 1.25 bits per heavy atom. The van der Waals surface area contributed by atoms with Crippen LogP contribution in [0.25, 0.3) is 0 Å². The number of nitrogen functional groups attached to an aromatic ring is 1. The van der Waals surface area contributed by atoms with Crippen LogP contribution in [0.15, 0.2) is 36.4 Å². The van der Waals surface area contributed by atoms with Crippen molar-refractivity contribution >= 4 is 11.6 Å². The molecule has 5 heteroatoms. The van der Waals surface area contributed by atoms with Gasteiger partial charge < -0.3 is 16.2 Å². The van der Waals surface area contributed by atoms with E-state index in [1.54, 1.807) is 25.1 Å². The Kier molecular flexibility index (Phi) is 3.89. The predicted molar refractivity (Wildman–Crippen MR) is 74.8 cm³/mol. The second-order valence-electron chi connectivity index (χ2n) is 4.48. The Morgan fingerprint density at radius 3 is 2.65 bits per heavy atom. The lowest BCUT2D eigenvalue weighted by atomic mass is 10.1. The Balaban J connectivity index is 2.20. The average Bonchev–Trinajstić information content (AvgIpc) is 2.38. The number of primary amides is 1. The van der Waals surface area contributed by atoms with Crippen molar-refractivity contribution in [2.75, 3.05) is 5.73 Å². The molecule has 0 spiro atoms. The van der Waals surface area contributed by atoms with Crippen LogP contribution in [0.2, 0.25) is 0 Å². The summed E-state index contributed by atoms with van der Waals surface area (Å²) in [5, 5.41) is 0. The predicted octanol–water partition coefficient (Wildman–Crippen LogP) is 2.39. The van der Waals surface area contributed by atoms with Crippen molar-refractivity contribution in [2.45, 2.75) is 13.5 Å². The third-order valence-electron chi connectivity index (χ3n) is 2.96. The van der Waals surface area contributed by atoms with Gasteiger partial charge in [-0.05, 0) is 48.4 Å². The molecule has 0 aliphatic heterocycles. The summed E-state index contributed by atoms with van der Waals surface area (Å²) in [7, 11) is 0. The molecular weight excluding hydrogens is 259 g/mol. The standard InChI is InChI=1S/C15H15FN2O2/c1-9-6-11(16)3-2-10(9)8-20-14-5-4-12(17)7-13(14)15(18)19/h2-7H,8,17H2,1H3,(H2,18,19). The number of halogens is 1. The normalized spacial score (nSPS) is 10.3. The molecule has 0 fully saturated rings. The van der Waals surface area contributed by atoms with Gasteiger partial charge in [-0.2, -0.15) is 0 Å². The van der Waals surface area contributed by atoms with Gasteiger partial charge >= 0.3 is 0 Å². The fourth-order valence-corrected chi connectivity index (χ4v) is 1.84. The topological polar surface area (TPSA) is 78.3 Å². The molecule has 0 atom stereocenters. The molecule has 2 aromatic carbocycles. The molecule has 4 N–H and O–H groups in total. The highest BCUT2D eigenvalue weighted by atomic mass is 19.1. The SMILES string of the molecule is Cc1cc(F)ccc1COc1ccc(N)cc1C(N)=O. The summed E-state index contributed by atoms with van der Waals surface area (Å²) < 4.78 is 18.6. The maximum Gasteiger partial charge on any atom is 0.252 e. The number of carbonyl (C=O) groups is 1.